The molecule has 0 saturated heterocycles. The fraction of sp³-hybridized carbons (Fsp3) is 0.333. The Morgan fingerprint density at radius 1 is 0.565 bits per heavy atom. The Kier molecular flexibility index (Phi) is 20.9. The van der Waals surface area contributed by atoms with Crippen LogP contribution >= 0.6 is 94.2 Å². The number of thiophene rings is 3. The Balaban J connectivity index is 0.000000134. The number of esters is 1. The highest BCUT2D eigenvalue weighted by molar-refractivity contribution is 9.11. The third kappa shape index (κ3) is 13.7. The molecule has 0 unspecified atom stereocenters. The predicted octanol–water partition coefficient (Wildman–Crippen LogP) is 12.5. The molecule has 8 N–H and O–H groups in total. The summed E-state index contributed by atoms with van der Waals surface area (Å²) in [6.07, 6.45) is 6.48. The van der Waals surface area contributed by atoms with Crippen molar-refractivity contribution in [2.75, 3.05) is 21.3 Å². The van der Waals surface area contributed by atoms with Crippen LogP contribution in [-0.4, -0.2) is 120 Å². The summed E-state index contributed by atoms with van der Waals surface area (Å²) in [5.74, 6) is 2.27. The standard InChI is InChI=1S/2C21H20BrN3O4S.C16H11BrN2O4S.C5H11NO.ClH/c1-27-18-8-17-14(7-16(18)22)20-15(9-28-17)19(24-25(20)12-4-5-30-10-12)21(26)29-13-3-2-11(23)6-13;1-28-18-8-17-14(7-16(18)22)20-15(9-29-17)19(24-25(20)12-4-5-30-10-12)21(27)23-11-2-3-13(26)6-11;1-22-13-5-12-9(4-11(13)17)15-10(6-23-12)14(16(20)21)18-19(15)8-2-3-24-7-8;6-4-1-2-5(7)3-4;/h4-5,7-8,10-11,13H,2-3,6,9,23H2,1H3;4-5,7-8,10-11,13,26H,2-3,6,9H2,1H3,(H,23,27);2-5,7H,6H2,1H3,(H,20,21);4-5,7H,1-3,6H2;1H/t2*11-,13-;;4-,5-;/m00.0./s1. The molecule has 6 aliphatic rings. The van der Waals surface area contributed by atoms with Crippen molar-refractivity contribution in [1.82, 2.24) is 34.7 Å². The van der Waals surface area contributed by atoms with E-state index in [-0.39, 0.29) is 86.0 Å². The van der Waals surface area contributed by atoms with Crippen molar-refractivity contribution in [2.24, 2.45) is 11.5 Å². The monoisotopic (exact) mass is 1520 g/mol. The highest BCUT2D eigenvalue weighted by Gasteiger charge is 2.37. The molecule has 92 heavy (non-hydrogen) atoms. The number of carboxylic acids is 1. The molecule has 1 amide bonds. The van der Waals surface area contributed by atoms with Gasteiger partial charge in [0.05, 0.1) is 92.2 Å². The fourth-order valence-corrected chi connectivity index (χ4v) is 15.2. The maximum atomic E-state index is 13.1. The molecule has 9 heterocycles. The highest BCUT2D eigenvalue weighted by atomic mass is 79.9. The van der Waals surface area contributed by atoms with Gasteiger partial charge in [-0.1, -0.05) is 0 Å². The molecular weight excluding hydrogens is 1460 g/mol. The van der Waals surface area contributed by atoms with Crippen LogP contribution in [0.25, 0.3) is 50.8 Å². The number of ether oxygens (including phenoxy) is 7. The smallest absolute Gasteiger partial charge is 0.359 e. The van der Waals surface area contributed by atoms with Crippen LogP contribution in [-0.2, 0) is 24.6 Å². The molecule has 3 saturated carbocycles. The van der Waals surface area contributed by atoms with Crippen LogP contribution in [0.15, 0.2) is 100 Å². The minimum Gasteiger partial charge on any atom is -0.495 e. The molecule has 29 heteroatoms. The second kappa shape index (κ2) is 28.8. The number of carbonyl (C=O) groups excluding carboxylic acids is 2. The number of carbonyl (C=O) groups is 3. The molecule has 3 aliphatic heterocycles. The van der Waals surface area contributed by atoms with Gasteiger partial charge in [0.15, 0.2) is 17.1 Å². The minimum atomic E-state index is -1.07. The van der Waals surface area contributed by atoms with Crippen LogP contribution in [0.3, 0.4) is 0 Å². The van der Waals surface area contributed by atoms with Crippen LogP contribution in [0.2, 0.25) is 0 Å². The van der Waals surface area contributed by atoms with Gasteiger partial charge in [0.25, 0.3) is 5.91 Å². The van der Waals surface area contributed by atoms with E-state index in [1.54, 1.807) is 59.4 Å². The molecule has 6 atom stereocenters. The molecule has 3 aliphatic carbocycles. The van der Waals surface area contributed by atoms with Crippen LogP contribution in [0, 0.1) is 0 Å². The van der Waals surface area contributed by atoms with Crippen LogP contribution in [0.5, 0.6) is 34.5 Å². The van der Waals surface area contributed by atoms with E-state index in [0.717, 1.165) is 114 Å². The van der Waals surface area contributed by atoms with Gasteiger partial charge >= 0.3 is 11.9 Å². The zero-order chi connectivity index (χ0) is 63.8. The first kappa shape index (κ1) is 66.6. The van der Waals surface area contributed by atoms with Crippen LogP contribution in [0.1, 0.15) is 106 Å². The lowest BCUT2D eigenvalue weighted by Gasteiger charge is -2.21. The minimum absolute atomic E-state index is 0. The SMILES string of the molecule is COc1cc2c(cc1Br)-c1c(c(C(=O)N[C@H]3CC[C@H](O)C3)nn1-c1ccsc1)CO2.COc1cc2c(cc1Br)-c1c(c(C(=O)O)nn1-c1ccsc1)CO2.COc1cc2c(cc1Br)-c1c(c(C(=O)O[C@H]3CC[C@H](N)C3)nn1-c1ccsc1)CO2.Cl.N[C@H]1CC[C@H](O)C1. The van der Waals surface area contributed by atoms with E-state index in [1.165, 1.54) is 11.3 Å². The normalized spacial score (nSPS) is 19.2. The van der Waals surface area contributed by atoms with Crippen molar-refractivity contribution in [3.8, 4) is 85.3 Å². The van der Waals surface area contributed by atoms with Gasteiger partial charge in [-0.05, 0) is 158 Å². The van der Waals surface area contributed by atoms with Gasteiger partial charge in [-0.3, -0.25) is 4.79 Å². The number of nitrogens with two attached hydrogens (primary N) is 2. The van der Waals surface area contributed by atoms with E-state index in [1.807, 2.05) is 85.5 Å². The van der Waals surface area contributed by atoms with Gasteiger partial charge in [0, 0.05) is 74.7 Å². The molecule has 3 fully saturated rings. The Labute approximate surface area is 571 Å². The lowest BCUT2D eigenvalue weighted by Crippen LogP contribution is -2.34. The lowest BCUT2D eigenvalue weighted by molar-refractivity contribution is 0.0304. The van der Waals surface area contributed by atoms with E-state index in [4.69, 9.17) is 49.7 Å². The molecule has 484 valence electrons. The summed E-state index contributed by atoms with van der Waals surface area (Å²) in [5, 5.41) is 56.5. The van der Waals surface area contributed by atoms with Crippen molar-refractivity contribution in [3.05, 3.63) is 134 Å². The van der Waals surface area contributed by atoms with Crippen molar-refractivity contribution < 1.29 is 62.9 Å². The largest absolute Gasteiger partial charge is 0.495 e. The number of fused-ring (bicyclic) bond motifs is 9. The maximum Gasteiger partial charge on any atom is 0.359 e. The predicted molar refractivity (Wildman–Crippen MR) is 361 cm³/mol. The average Bonchev–Trinajstić information content (AvgIpc) is 1.56. The van der Waals surface area contributed by atoms with E-state index in [9.17, 15) is 24.6 Å². The summed E-state index contributed by atoms with van der Waals surface area (Å²) in [6.45, 7) is 0.623. The van der Waals surface area contributed by atoms with Crippen molar-refractivity contribution >= 4 is 112 Å². The number of methoxy groups -OCH3 is 3. The van der Waals surface area contributed by atoms with Gasteiger partial charge < -0.3 is 65.3 Å². The summed E-state index contributed by atoms with van der Waals surface area (Å²) < 4.78 is 47.2. The third-order valence-corrected chi connectivity index (χ3v) is 20.2. The number of aliphatic hydroxyl groups is 2. The molecule has 22 nitrogen and oxygen atoms in total. The number of rotatable bonds is 11. The molecular formula is C63H63Br3ClN9O13S3. The zero-order valence-corrected chi connectivity index (χ0v) is 57.7. The first-order chi connectivity index (χ1) is 44.0. The number of aromatic nitrogens is 6. The molecule has 15 rings (SSSR count). The number of carboxylic acid groups (broad SMARTS) is 1. The Hall–Kier alpha value is -6.83. The fourth-order valence-electron chi connectivity index (χ4n) is 11.9. The summed E-state index contributed by atoms with van der Waals surface area (Å²) in [5.41, 5.74) is 21.6. The van der Waals surface area contributed by atoms with E-state index in [2.05, 4.69) is 68.4 Å². The van der Waals surface area contributed by atoms with E-state index in [0.29, 0.717) is 65.0 Å². The molecule has 0 bridgehead atoms. The quantitative estimate of drug-likeness (QED) is 0.0656. The van der Waals surface area contributed by atoms with Gasteiger partial charge in [-0.25, -0.2) is 23.6 Å². The molecule has 6 aromatic heterocycles. The first-order valence-electron chi connectivity index (χ1n) is 29.1. The van der Waals surface area contributed by atoms with Crippen LogP contribution < -0.4 is 45.2 Å². The Bertz CT molecular complexity index is 3980. The number of nitrogens with zero attached hydrogens (tertiary/aromatic N) is 6. The third-order valence-electron chi connectivity index (χ3n) is 16.3. The van der Waals surface area contributed by atoms with Gasteiger partial charge in [-0.2, -0.15) is 49.3 Å². The van der Waals surface area contributed by atoms with E-state index < -0.39 is 11.9 Å². The second-order valence-electron chi connectivity index (χ2n) is 22.3. The summed E-state index contributed by atoms with van der Waals surface area (Å²) in [6, 6.07) is 17.4. The maximum absolute atomic E-state index is 13.1. The second-order valence-corrected chi connectivity index (χ2v) is 27.2. The van der Waals surface area contributed by atoms with Crippen molar-refractivity contribution in [3.63, 3.8) is 0 Å². The van der Waals surface area contributed by atoms with Crippen molar-refractivity contribution in [1.29, 1.82) is 0 Å². The van der Waals surface area contributed by atoms with Gasteiger partial charge in [-0.15, -0.1) is 12.4 Å². The number of benzene rings is 3. The number of aromatic carboxylic acids is 1. The van der Waals surface area contributed by atoms with Crippen LogP contribution in [0.4, 0.5) is 0 Å². The van der Waals surface area contributed by atoms with Crippen molar-refractivity contribution in [2.45, 2.75) is 114 Å². The summed E-state index contributed by atoms with van der Waals surface area (Å²) in [4.78, 5) is 37.7. The Morgan fingerprint density at radius 3 is 1.33 bits per heavy atom. The summed E-state index contributed by atoms with van der Waals surface area (Å²) >= 11 is 15.2. The first-order valence-corrected chi connectivity index (χ1v) is 34.3. The Morgan fingerprint density at radius 2 is 0.967 bits per heavy atom. The average molecular weight is 1530 g/mol. The number of aliphatic hydroxyl groups excluding tert-OH is 2. The lowest BCUT2D eigenvalue weighted by atomic mass is 10.0. The molecule has 9 aromatic rings. The molecule has 0 spiro atoms. The number of amides is 1. The van der Waals surface area contributed by atoms with E-state index >= 15 is 0 Å². The number of hydrogen-bond donors (Lipinski definition) is 6. The number of nitrogens with one attached hydrogen (secondary N) is 1. The number of hydrogen-bond acceptors (Lipinski definition) is 20. The summed E-state index contributed by atoms with van der Waals surface area (Å²) in [7, 11) is 4.80. The molecule has 0 radical (unpaired) electrons. The topological polar surface area (TPSA) is 294 Å². The van der Waals surface area contributed by atoms with Gasteiger partial charge in [0.1, 0.15) is 60.4 Å². The number of halogens is 4. The molecule has 3 aromatic carbocycles. The zero-order valence-electron chi connectivity index (χ0n) is 49.6. The van der Waals surface area contributed by atoms with Gasteiger partial charge in [0.2, 0.25) is 0 Å². The highest BCUT2D eigenvalue weighted by Crippen LogP contribution is 2.48.